The second kappa shape index (κ2) is 10.8. The molecule has 1 heterocycles. The molecule has 1 amide bonds. The van der Waals surface area contributed by atoms with Gasteiger partial charge in [0.2, 0.25) is 0 Å². The number of nitrogens with zero attached hydrogens (tertiary/aromatic N) is 2. The van der Waals surface area contributed by atoms with Crippen molar-refractivity contribution in [3.63, 3.8) is 0 Å². The van der Waals surface area contributed by atoms with Gasteiger partial charge in [0.25, 0.3) is 5.91 Å². The fraction of sp³-hybridized carbons (Fsp3) is 0.579. The molecule has 1 saturated heterocycles. The van der Waals surface area contributed by atoms with Crippen LogP contribution in [0.4, 0.5) is 0 Å². The van der Waals surface area contributed by atoms with Gasteiger partial charge >= 0.3 is 5.97 Å². The van der Waals surface area contributed by atoms with Crippen molar-refractivity contribution in [2.24, 2.45) is 0 Å². The van der Waals surface area contributed by atoms with Crippen molar-refractivity contribution in [2.45, 2.75) is 12.8 Å². The van der Waals surface area contributed by atoms with Crippen LogP contribution in [0.25, 0.3) is 0 Å². The Hall–Kier alpha value is -2.12. The van der Waals surface area contributed by atoms with Crippen LogP contribution in [0.15, 0.2) is 24.3 Å². The summed E-state index contributed by atoms with van der Waals surface area (Å²) in [7, 11) is 2.93. The first-order valence-corrected chi connectivity index (χ1v) is 8.94. The summed E-state index contributed by atoms with van der Waals surface area (Å²) in [6, 6.07) is 7.07. The summed E-state index contributed by atoms with van der Waals surface area (Å²) in [5, 5.41) is 0. The van der Waals surface area contributed by atoms with E-state index in [1.54, 1.807) is 36.3 Å². The predicted molar refractivity (Wildman–Crippen MR) is 97.4 cm³/mol. The Morgan fingerprint density at radius 1 is 1.19 bits per heavy atom. The third-order valence-electron chi connectivity index (χ3n) is 4.42. The van der Waals surface area contributed by atoms with Crippen LogP contribution in [-0.4, -0.2) is 81.8 Å². The lowest BCUT2D eigenvalue weighted by Crippen LogP contribution is -2.39. The molecule has 0 aromatic heterocycles. The smallest absolute Gasteiger partial charge is 0.307 e. The van der Waals surface area contributed by atoms with Crippen LogP contribution in [-0.2, 0) is 14.3 Å². The number of benzene rings is 1. The molecule has 0 atom stereocenters. The average molecular weight is 364 g/mol. The van der Waals surface area contributed by atoms with E-state index in [9.17, 15) is 9.59 Å². The molecule has 0 aliphatic carbocycles. The molecule has 7 nitrogen and oxygen atoms in total. The largest absolute Gasteiger partial charge is 0.497 e. The minimum atomic E-state index is -0.318. The SMILES string of the molecule is COC(=O)CCN(CCCN1CCOCC1)C(=O)c1cccc(OC)c1. The van der Waals surface area contributed by atoms with Crippen LogP contribution in [0.5, 0.6) is 5.75 Å². The lowest BCUT2D eigenvalue weighted by atomic mass is 10.1. The van der Waals surface area contributed by atoms with Gasteiger partial charge in [-0.15, -0.1) is 0 Å². The first-order valence-electron chi connectivity index (χ1n) is 8.94. The van der Waals surface area contributed by atoms with Gasteiger partial charge < -0.3 is 19.1 Å². The molecular weight excluding hydrogens is 336 g/mol. The van der Waals surface area contributed by atoms with Crippen LogP contribution in [0.2, 0.25) is 0 Å². The molecule has 144 valence electrons. The van der Waals surface area contributed by atoms with Crippen molar-refractivity contribution in [3.05, 3.63) is 29.8 Å². The molecule has 1 aromatic carbocycles. The predicted octanol–water partition coefficient (Wildman–Crippen LogP) is 1.42. The van der Waals surface area contributed by atoms with Gasteiger partial charge in [-0.25, -0.2) is 0 Å². The summed E-state index contributed by atoms with van der Waals surface area (Å²) in [6.45, 7) is 5.20. The molecule has 0 unspecified atom stereocenters. The maximum atomic E-state index is 12.9. The molecule has 0 spiro atoms. The maximum Gasteiger partial charge on any atom is 0.307 e. The van der Waals surface area contributed by atoms with Crippen LogP contribution >= 0.6 is 0 Å². The Bertz CT molecular complexity index is 587. The zero-order valence-electron chi connectivity index (χ0n) is 15.6. The Morgan fingerprint density at radius 2 is 1.96 bits per heavy atom. The lowest BCUT2D eigenvalue weighted by Gasteiger charge is -2.28. The van der Waals surface area contributed by atoms with E-state index in [4.69, 9.17) is 14.2 Å². The minimum Gasteiger partial charge on any atom is -0.497 e. The van der Waals surface area contributed by atoms with Gasteiger partial charge in [-0.2, -0.15) is 0 Å². The Labute approximate surface area is 154 Å². The van der Waals surface area contributed by atoms with E-state index in [0.29, 0.717) is 24.4 Å². The topological polar surface area (TPSA) is 68.3 Å². The van der Waals surface area contributed by atoms with Crippen molar-refractivity contribution in [1.82, 2.24) is 9.80 Å². The number of rotatable bonds is 9. The third-order valence-corrected chi connectivity index (χ3v) is 4.42. The molecule has 1 fully saturated rings. The molecule has 0 saturated carbocycles. The Balaban J connectivity index is 1.96. The molecule has 26 heavy (non-hydrogen) atoms. The van der Waals surface area contributed by atoms with E-state index in [2.05, 4.69) is 4.90 Å². The first-order chi connectivity index (χ1) is 12.6. The van der Waals surface area contributed by atoms with E-state index < -0.39 is 0 Å². The van der Waals surface area contributed by atoms with Gasteiger partial charge in [-0.1, -0.05) is 6.07 Å². The number of carbonyl (C=O) groups is 2. The summed E-state index contributed by atoms with van der Waals surface area (Å²) in [6.07, 6.45) is 1.03. The molecule has 1 aromatic rings. The molecular formula is C19H28N2O5. The second-order valence-corrected chi connectivity index (χ2v) is 6.16. The molecule has 7 heteroatoms. The quantitative estimate of drug-likeness (QED) is 0.618. The first kappa shape index (κ1) is 20.2. The van der Waals surface area contributed by atoms with Gasteiger partial charge in [-0.05, 0) is 24.6 Å². The zero-order valence-corrected chi connectivity index (χ0v) is 15.6. The van der Waals surface area contributed by atoms with Crippen LogP contribution < -0.4 is 4.74 Å². The van der Waals surface area contributed by atoms with E-state index in [0.717, 1.165) is 39.3 Å². The number of methoxy groups -OCH3 is 2. The second-order valence-electron chi connectivity index (χ2n) is 6.16. The standard InChI is InChI=1S/C19H28N2O5/c1-24-17-6-3-5-16(15-17)19(23)21(10-7-18(22)25-2)9-4-8-20-11-13-26-14-12-20/h3,5-6,15H,4,7-14H2,1-2H3. The van der Waals surface area contributed by atoms with Crippen molar-refractivity contribution in [3.8, 4) is 5.75 Å². The fourth-order valence-corrected chi connectivity index (χ4v) is 2.89. The highest BCUT2D eigenvalue weighted by atomic mass is 16.5. The molecule has 0 bridgehead atoms. The molecule has 1 aliphatic heterocycles. The number of amides is 1. The van der Waals surface area contributed by atoms with Crippen LogP contribution in [0.1, 0.15) is 23.2 Å². The van der Waals surface area contributed by atoms with Crippen molar-refractivity contribution in [1.29, 1.82) is 0 Å². The van der Waals surface area contributed by atoms with Gasteiger partial charge in [0.1, 0.15) is 5.75 Å². The highest BCUT2D eigenvalue weighted by Crippen LogP contribution is 2.15. The molecule has 0 N–H and O–H groups in total. The summed E-state index contributed by atoms with van der Waals surface area (Å²) in [5.74, 6) is 0.216. The lowest BCUT2D eigenvalue weighted by molar-refractivity contribution is -0.140. The van der Waals surface area contributed by atoms with Gasteiger partial charge in [0, 0.05) is 38.3 Å². The number of hydrogen-bond acceptors (Lipinski definition) is 6. The van der Waals surface area contributed by atoms with E-state index in [1.165, 1.54) is 7.11 Å². The van der Waals surface area contributed by atoms with E-state index in [-0.39, 0.29) is 18.3 Å². The summed E-state index contributed by atoms with van der Waals surface area (Å²) in [4.78, 5) is 28.4. The normalized spacial score (nSPS) is 14.7. The van der Waals surface area contributed by atoms with Gasteiger partial charge in [0.05, 0.1) is 33.9 Å². The van der Waals surface area contributed by atoms with E-state index in [1.807, 2.05) is 0 Å². The fourth-order valence-electron chi connectivity index (χ4n) is 2.89. The number of morpholine rings is 1. The van der Waals surface area contributed by atoms with Crippen LogP contribution in [0.3, 0.4) is 0 Å². The van der Waals surface area contributed by atoms with Crippen molar-refractivity contribution in [2.75, 3.05) is 60.2 Å². The Morgan fingerprint density at radius 3 is 2.65 bits per heavy atom. The van der Waals surface area contributed by atoms with Crippen molar-refractivity contribution >= 4 is 11.9 Å². The minimum absolute atomic E-state index is 0.102. The number of hydrogen-bond donors (Lipinski definition) is 0. The van der Waals surface area contributed by atoms with Crippen molar-refractivity contribution < 1.29 is 23.8 Å². The zero-order chi connectivity index (χ0) is 18.8. The maximum absolute atomic E-state index is 12.9. The summed E-state index contributed by atoms with van der Waals surface area (Å²) in [5.41, 5.74) is 0.556. The number of carbonyl (C=O) groups excluding carboxylic acids is 2. The average Bonchev–Trinajstić information content (AvgIpc) is 2.70. The van der Waals surface area contributed by atoms with Crippen LogP contribution in [0, 0.1) is 0 Å². The highest BCUT2D eigenvalue weighted by molar-refractivity contribution is 5.94. The Kier molecular flexibility index (Phi) is 8.37. The monoisotopic (exact) mass is 364 g/mol. The molecule has 2 rings (SSSR count). The number of ether oxygens (including phenoxy) is 3. The molecule has 0 radical (unpaired) electrons. The van der Waals surface area contributed by atoms with Gasteiger partial charge in [-0.3, -0.25) is 14.5 Å². The summed E-state index contributed by atoms with van der Waals surface area (Å²) >= 11 is 0. The van der Waals surface area contributed by atoms with E-state index >= 15 is 0 Å². The third kappa shape index (κ3) is 6.31. The summed E-state index contributed by atoms with van der Waals surface area (Å²) < 4.78 is 15.3. The number of esters is 1. The highest BCUT2D eigenvalue weighted by Gasteiger charge is 2.18. The van der Waals surface area contributed by atoms with Gasteiger partial charge in [0.15, 0.2) is 0 Å². The molecule has 1 aliphatic rings.